The summed E-state index contributed by atoms with van der Waals surface area (Å²) in [6.07, 6.45) is 3.40. The minimum absolute atomic E-state index is 0.190. The molecule has 0 aliphatic carbocycles. The maximum atomic E-state index is 5.51. The second-order valence-corrected chi connectivity index (χ2v) is 3.57. The molecule has 3 N–H and O–H groups in total. The second-order valence-electron chi connectivity index (χ2n) is 3.57. The topological polar surface area (TPSA) is 50.9 Å². The van der Waals surface area contributed by atoms with E-state index in [0.29, 0.717) is 0 Å². The molecule has 1 unspecified atom stereocenters. The Labute approximate surface area is 85.7 Å². The molecule has 0 amide bonds. The van der Waals surface area contributed by atoms with Gasteiger partial charge < -0.3 is 0 Å². The number of aromatic nitrogens is 1. The van der Waals surface area contributed by atoms with E-state index in [1.54, 1.807) is 0 Å². The minimum atomic E-state index is 0.190. The monoisotopic (exact) mass is 193 g/mol. The molecule has 0 aliphatic heterocycles. The molecule has 1 aromatic heterocycles. The number of nitrogens with two attached hydrogens (primary N) is 1. The lowest BCUT2D eigenvalue weighted by molar-refractivity contribution is 0.484. The standard InChI is InChI=1S/C11H19N3/c1-3-4-7-11(14-12)10-8-5-6-9(2)13-10/h5-6,8,11,14H,3-4,7,12H2,1-2H3. The average Bonchev–Trinajstić information content (AvgIpc) is 2.19. The molecular formula is C11H19N3. The van der Waals surface area contributed by atoms with Crippen LogP contribution in [0.4, 0.5) is 0 Å². The van der Waals surface area contributed by atoms with Crippen molar-refractivity contribution in [2.75, 3.05) is 0 Å². The fourth-order valence-electron chi connectivity index (χ4n) is 1.48. The van der Waals surface area contributed by atoms with Gasteiger partial charge in [-0.3, -0.25) is 16.3 Å². The van der Waals surface area contributed by atoms with Crippen LogP contribution in [0.1, 0.15) is 43.6 Å². The summed E-state index contributed by atoms with van der Waals surface area (Å²) in [6, 6.07) is 6.23. The summed E-state index contributed by atoms with van der Waals surface area (Å²) >= 11 is 0. The molecule has 0 fully saturated rings. The highest BCUT2D eigenvalue weighted by molar-refractivity contribution is 5.13. The number of unbranched alkanes of at least 4 members (excludes halogenated alkanes) is 1. The van der Waals surface area contributed by atoms with Crippen LogP contribution >= 0.6 is 0 Å². The number of rotatable bonds is 5. The van der Waals surface area contributed by atoms with Crippen molar-refractivity contribution in [2.45, 2.75) is 39.2 Å². The van der Waals surface area contributed by atoms with E-state index in [9.17, 15) is 0 Å². The van der Waals surface area contributed by atoms with Crippen molar-refractivity contribution >= 4 is 0 Å². The molecule has 14 heavy (non-hydrogen) atoms. The molecule has 3 heteroatoms. The van der Waals surface area contributed by atoms with Crippen LogP contribution in [-0.2, 0) is 0 Å². The largest absolute Gasteiger partial charge is 0.271 e. The molecule has 1 aromatic rings. The number of pyridine rings is 1. The summed E-state index contributed by atoms with van der Waals surface area (Å²) in [7, 11) is 0. The molecule has 1 heterocycles. The van der Waals surface area contributed by atoms with Gasteiger partial charge >= 0.3 is 0 Å². The van der Waals surface area contributed by atoms with Gasteiger partial charge in [-0.1, -0.05) is 25.8 Å². The Kier molecular flexibility index (Phi) is 4.56. The predicted molar refractivity (Wildman–Crippen MR) is 58.6 cm³/mol. The first kappa shape index (κ1) is 11.1. The van der Waals surface area contributed by atoms with Gasteiger partial charge in [-0.25, -0.2) is 0 Å². The molecule has 0 saturated heterocycles. The van der Waals surface area contributed by atoms with Gasteiger partial charge in [0, 0.05) is 5.69 Å². The molecule has 1 rings (SSSR count). The van der Waals surface area contributed by atoms with Gasteiger partial charge in [-0.05, 0) is 25.5 Å². The third-order valence-corrected chi connectivity index (χ3v) is 2.31. The van der Waals surface area contributed by atoms with Crippen LogP contribution in [0.5, 0.6) is 0 Å². The van der Waals surface area contributed by atoms with E-state index in [-0.39, 0.29) is 6.04 Å². The molecule has 3 nitrogen and oxygen atoms in total. The van der Waals surface area contributed by atoms with Gasteiger partial charge in [0.15, 0.2) is 0 Å². The van der Waals surface area contributed by atoms with Crippen molar-refractivity contribution in [3.8, 4) is 0 Å². The van der Waals surface area contributed by atoms with Crippen LogP contribution in [0.15, 0.2) is 18.2 Å². The summed E-state index contributed by atoms with van der Waals surface area (Å²) in [5.41, 5.74) is 4.90. The molecule has 0 aromatic carbocycles. The highest BCUT2D eigenvalue weighted by Gasteiger charge is 2.09. The summed E-state index contributed by atoms with van der Waals surface area (Å²) in [6.45, 7) is 4.17. The van der Waals surface area contributed by atoms with Crippen LogP contribution in [0, 0.1) is 6.92 Å². The molecule has 0 spiro atoms. The summed E-state index contributed by atoms with van der Waals surface area (Å²) in [4.78, 5) is 4.45. The van der Waals surface area contributed by atoms with Crippen LogP contribution < -0.4 is 11.3 Å². The van der Waals surface area contributed by atoms with E-state index in [0.717, 1.165) is 17.8 Å². The number of hydrazine groups is 1. The first-order valence-electron chi connectivity index (χ1n) is 5.17. The maximum Gasteiger partial charge on any atom is 0.0632 e. The molecule has 0 aliphatic rings. The zero-order valence-electron chi connectivity index (χ0n) is 8.96. The fraction of sp³-hybridized carbons (Fsp3) is 0.545. The first-order valence-corrected chi connectivity index (χ1v) is 5.17. The normalized spacial score (nSPS) is 12.8. The second kappa shape index (κ2) is 5.73. The van der Waals surface area contributed by atoms with Gasteiger partial charge in [-0.2, -0.15) is 0 Å². The molecule has 78 valence electrons. The highest BCUT2D eigenvalue weighted by Crippen LogP contribution is 2.16. The van der Waals surface area contributed by atoms with Gasteiger partial charge in [0.05, 0.1) is 11.7 Å². The molecule has 0 radical (unpaired) electrons. The third kappa shape index (κ3) is 3.09. The molecule has 0 bridgehead atoms. The van der Waals surface area contributed by atoms with Crippen molar-refractivity contribution in [2.24, 2.45) is 5.84 Å². The van der Waals surface area contributed by atoms with Crippen molar-refractivity contribution < 1.29 is 0 Å². The van der Waals surface area contributed by atoms with Crippen molar-refractivity contribution in [1.82, 2.24) is 10.4 Å². The Hall–Kier alpha value is -0.930. The van der Waals surface area contributed by atoms with Crippen LogP contribution in [0.2, 0.25) is 0 Å². The lowest BCUT2D eigenvalue weighted by Crippen LogP contribution is -2.28. The Morgan fingerprint density at radius 1 is 1.50 bits per heavy atom. The quantitative estimate of drug-likeness (QED) is 0.556. The van der Waals surface area contributed by atoms with Crippen LogP contribution in [0.3, 0.4) is 0 Å². The number of nitrogens with one attached hydrogen (secondary N) is 1. The number of aryl methyl sites for hydroxylation is 1. The molecule has 1 atom stereocenters. The van der Waals surface area contributed by atoms with E-state index >= 15 is 0 Å². The average molecular weight is 193 g/mol. The Morgan fingerprint density at radius 3 is 2.86 bits per heavy atom. The van der Waals surface area contributed by atoms with Gasteiger partial charge in [0.25, 0.3) is 0 Å². The maximum absolute atomic E-state index is 5.51. The Morgan fingerprint density at radius 2 is 2.29 bits per heavy atom. The lowest BCUT2D eigenvalue weighted by Gasteiger charge is -2.14. The zero-order chi connectivity index (χ0) is 10.4. The van der Waals surface area contributed by atoms with Gasteiger partial charge in [0.1, 0.15) is 0 Å². The molecule has 0 saturated carbocycles. The zero-order valence-corrected chi connectivity index (χ0v) is 8.96. The predicted octanol–water partition coefficient (Wildman–Crippen LogP) is 2.08. The van der Waals surface area contributed by atoms with Crippen LogP contribution in [0.25, 0.3) is 0 Å². The summed E-state index contributed by atoms with van der Waals surface area (Å²) in [5, 5.41) is 0. The molecular weight excluding hydrogens is 174 g/mol. The van der Waals surface area contributed by atoms with E-state index in [2.05, 4.69) is 17.3 Å². The van der Waals surface area contributed by atoms with Gasteiger partial charge in [-0.15, -0.1) is 0 Å². The van der Waals surface area contributed by atoms with Crippen molar-refractivity contribution in [3.63, 3.8) is 0 Å². The van der Waals surface area contributed by atoms with Crippen molar-refractivity contribution in [3.05, 3.63) is 29.6 Å². The minimum Gasteiger partial charge on any atom is -0.271 e. The summed E-state index contributed by atoms with van der Waals surface area (Å²) < 4.78 is 0. The first-order chi connectivity index (χ1) is 6.77. The highest BCUT2D eigenvalue weighted by atomic mass is 15.2. The van der Waals surface area contributed by atoms with E-state index in [4.69, 9.17) is 5.84 Å². The number of hydrogen-bond acceptors (Lipinski definition) is 3. The lowest BCUT2D eigenvalue weighted by atomic mass is 10.1. The smallest absolute Gasteiger partial charge is 0.0632 e. The Bertz CT molecular complexity index is 273. The van der Waals surface area contributed by atoms with E-state index < -0.39 is 0 Å². The summed E-state index contributed by atoms with van der Waals surface area (Å²) in [5.74, 6) is 5.51. The number of hydrogen-bond donors (Lipinski definition) is 2. The fourth-order valence-corrected chi connectivity index (χ4v) is 1.48. The van der Waals surface area contributed by atoms with Crippen molar-refractivity contribution in [1.29, 1.82) is 0 Å². The van der Waals surface area contributed by atoms with E-state index in [1.807, 2.05) is 25.1 Å². The van der Waals surface area contributed by atoms with E-state index in [1.165, 1.54) is 12.8 Å². The van der Waals surface area contributed by atoms with Gasteiger partial charge in [0.2, 0.25) is 0 Å². The Balaban J connectivity index is 2.68. The number of nitrogens with zero attached hydrogens (tertiary/aromatic N) is 1. The third-order valence-electron chi connectivity index (χ3n) is 2.31. The SMILES string of the molecule is CCCCC(NN)c1cccc(C)n1. The van der Waals surface area contributed by atoms with Crippen LogP contribution in [-0.4, -0.2) is 4.98 Å².